The number of nitrogens with zero attached hydrogens (tertiary/aromatic N) is 2. The summed E-state index contributed by atoms with van der Waals surface area (Å²) in [7, 11) is 0. The zero-order valence-corrected chi connectivity index (χ0v) is 12.1. The van der Waals surface area contributed by atoms with Gasteiger partial charge in [-0.1, -0.05) is 0 Å². The van der Waals surface area contributed by atoms with E-state index in [0.717, 1.165) is 19.4 Å². The molecule has 1 aliphatic rings. The van der Waals surface area contributed by atoms with Gasteiger partial charge in [-0.25, -0.2) is 0 Å². The van der Waals surface area contributed by atoms with Gasteiger partial charge in [0.25, 0.3) is 0 Å². The van der Waals surface area contributed by atoms with E-state index in [1.165, 1.54) is 0 Å². The second-order valence-electron chi connectivity index (χ2n) is 5.10. The van der Waals surface area contributed by atoms with Crippen LogP contribution in [0, 0.1) is 5.92 Å². The molecule has 19 heavy (non-hydrogen) atoms. The molecule has 0 aliphatic carbocycles. The van der Waals surface area contributed by atoms with Gasteiger partial charge in [0.1, 0.15) is 0 Å². The van der Waals surface area contributed by atoms with Crippen LogP contribution < -0.4 is 0 Å². The van der Waals surface area contributed by atoms with Crippen molar-refractivity contribution in [3.63, 3.8) is 0 Å². The lowest BCUT2D eigenvalue weighted by atomic mass is 9.98. The van der Waals surface area contributed by atoms with Crippen LogP contribution in [0.5, 0.6) is 0 Å². The number of hydrogen-bond acceptors (Lipinski definition) is 3. The summed E-state index contributed by atoms with van der Waals surface area (Å²) < 4.78 is 0. The van der Waals surface area contributed by atoms with E-state index < -0.39 is 0 Å². The van der Waals surface area contributed by atoms with E-state index in [0.29, 0.717) is 26.1 Å². The Morgan fingerprint density at radius 3 is 2.53 bits per heavy atom. The topological polar surface area (TPSA) is 60.9 Å². The van der Waals surface area contributed by atoms with Gasteiger partial charge in [0.2, 0.25) is 11.8 Å². The third-order valence-electron chi connectivity index (χ3n) is 3.80. The zero-order chi connectivity index (χ0) is 14.3. The predicted molar refractivity (Wildman–Crippen MR) is 73.6 cm³/mol. The molecule has 110 valence electrons. The lowest BCUT2D eigenvalue weighted by molar-refractivity contribution is -0.138. The van der Waals surface area contributed by atoms with Crippen molar-refractivity contribution >= 4 is 11.8 Å². The number of amides is 2. The summed E-state index contributed by atoms with van der Waals surface area (Å²) in [5.74, 6) is 0.295. The first-order valence-electron chi connectivity index (χ1n) is 7.28. The minimum absolute atomic E-state index is 0.0404. The fraction of sp³-hybridized carbons (Fsp3) is 0.857. The van der Waals surface area contributed by atoms with Crippen LogP contribution >= 0.6 is 0 Å². The molecule has 1 heterocycles. The van der Waals surface area contributed by atoms with E-state index in [2.05, 4.69) is 0 Å². The molecule has 0 aromatic heterocycles. The van der Waals surface area contributed by atoms with Gasteiger partial charge in [-0.15, -0.1) is 0 Å². The average Bonchev–Trinajstić information content (AvgIpc) is 2.46. The van der Waals surface area contributed by atoms with Gasteiger partial charge >= 0.3 is 0 Å². The molecule has 0 spiro atoms. The predicted octanol–water partition coefficient (Wildman–Crippen LogP) is 0.866. The fourth-order valence-corrected chi connectivity index (χ4v) is 2.55. The molecule has 0 saturated carbocycles. The van der Waals surface area contributed by atoms with Crippen LogP contribution in [0.25, 0.3) is 0 Å². The van der Waals surface area contributed by atoms with Gasteiger partial charge in [0.05, 0.1) is 0 Å². The smallest absolute Gasteiger partial charge is 0.223 e. The summed E-state index contributed by atoms with van der Waals surface area (Å²) in [5.41, 5.74) is 0. The zero-order valence-electron chi connectivity index (χ0n) is 12.1. The molecule has 0 aromatic rings. The third-order valence-corrected chi connectivity index (χ3v) is 3.80. The Kier molecular flexibility index (Phi) is 6.84. The van der Waals surface area contributed by atoms with Gasteiger partial charge in [-0.2, -0.15) is 0 Å². The van der Waals surface area contributed by atoms with E-state index >= 15 is 0 Å². The molecule has 0 aromatic carbocycles. The average molecular weight is 270 g/mol. The van der Waals surface area contributed by atoms with Crippen LogP contribution in [-0.4, -0.2) is 59.5 Å². The van der Waals surface area contributed by atoms with Crippen LogP contribution in [-0.2, 0) is 9.59 Å². The maximum absolute atomic E-state index is 12.0. The van der Waals surface area contributed by atoms with Gasteiger partial charge in [-0.05, 0) is 32.6 Å². The lowest BCUT2D eigenvalue weighted by Crippen LogP contribution is -2.41. The quantitative estimate of drug-likeness (QED) is 0.779. The summed E-state index contributed by atoms with van der Waals surface area (Å²) in [6, 6.07) is 0. The van der Waals surface area contributed by atoms with Crippen LogP contribution in [0.3, 0.4) is 0 Å². The highest BCUT2D eigenvalue weighted by atomic mass is 16.3. The number of rotatable bonds is 6. The summed E-state index contributed by atoms with van der Waals surface area (Å²) in [6.07, 6.45) is 2.51. The molecule has 5 nitrogen and oxygen atoms in total. The summed E-state index contributed by atoms with van der Waals surface area (Å²) in [6.45, 7) is 6.81. The van der Waals surface area contributed by atoms with Crippen LogP contribution in [0.15, 0.2) is 0 Å². The summed E-state index contributed by atoms with van der Waals surface area (Å²) in [4.78, 5) is 27.4. The molecule has 1 saturated heterocycles. The van der Waals surface area contributed by atoms with E-state index in [4.69, 9.17) is 5.11 Å². The number of piperidine rings is 1. The van der Waals surface area contributed by atoms with Crippen molar-refractivity contribution in [2.45, 2.75) is 39.5 Å². The molecular formula is C14H26N2O3. The van der Waals surface area contributed by atoms with Crippen LogP contribution in [0.4, 0.5) is 0 Å². The number of carbonyl (C=O) groups excluding carboxylic acids is 2. The van der Waals surface area contributed by atoms with E-state index in [9.17, 15) is 9.59 Å². The second kappa shape index (κ2) is 8.15. The summed E-state index contributed by atoms with van der Waals surface area (Å²) >= 11 is 0. The van der Waals surface area contributed by atoms with E-state index in [1.54, 1.807) is 9.80 Å². The second-order valence-corrected chi connectivity index (χ2v) is 5.10. The third kappa shape index (κ3) is 4.82. The first-order chi connectivity index (χ1) is 9.12. The maximum Gasteiger partial charge on any atom is 0.223 e. The Balaban J connectivity index is 2.36. The largest absolute Gasteiger partial charge is 0.396 e. The molecule has 1 aliphatic heterocycles. The first kappa shape index (κ1) is 16.0. The van der Waals surface area contributed by atoms with Crippen molar-refractivity contribution in [2.24, 2.45) is 5.92 Å². The number of aliphatic hydroxyl groups is 1. The monoisotopic (exact) mass is 270 g/mol. The molecule has 0 bridgehead atoms. The molecule has 5 heteroatoms. The van der Waals surface area contributed by atoms with Crippen molar-refractivity contribution in [1.29, 1.82) is 0 Å². The van der Waals surface area contributed by atoms with Crippen molar-refractivity contribution in [3.8, 4) is 0 Å². The number of likely N-dealkylation sites (tertiary alicyclic amines) is 1. The highest BCUT2D eigenvalue weighted by Gasteiger charge is 2.23. The van der Waals surface area contributed by atoms with E-state index in [-0.39, 0.29) is 30.8 Å². The van der Waals surface area contributed by atoms with E-state index in [1.807, 2.05) is 13.8 Å². The van der Waals surface area contributed by atoms with Crippen LogP contribution in [0.1, 0.15) is 39.5 Å². The molecule has 1 unspecified atom stereocenters. The number of hydrogen-bond donors (Lipinski definition) is 1. The molecule has 1 N–H and O–H groups in total. The Labute approximate surface area is 115 Å². The van der Waals surface area contributed by atoms with Crippen molar-refractivity contribution < 1.29 is 14.7 Å². The normalized spacial score (nSPS) is 19.3. The lowest BCUT2D eigenvalue weighted by Gasteiger charge is -2.32. The van der Waals surface area contributed by atoms with Gasteiger partial charge in [0, 0.05) is 45.6 Å². The molecule has 2 amide bonds. The van der Waals surface area contributed by atoms with Gasteiger partial charge < -0.3 is 14.9 Å². The Morgan fingerprint density at radius 1 is 1.26 bits per heavy atom. The minimum atomic E-state index is 0.0404. The van der Waals surface area contributed by atoms with Gasteiger partial charge in [0.15, 0.2) is 0 Å². The first-order valence-corrected chi connectivity index (χ1v) is 7.28. The maximum atomic E-state index is 12.0. The van der Waals surface area contributed by atoms with Crippen molar-refractivity contribution in [2.75, 3.05) is 32.8 Å². The van der Waals surface area contributed by atoms with Crippen LogP contribution in [0.2, 0.25) is 0 Å². The Hall–Kier alpha value is -1.10. The number of carbonyl (C=O) groups is 2. The highest BCUT2D eigenvalue weighted by Crippen LogP contribution is 2.17. The Morgan fingerprint density at radius 2 is 1.95 bits per heavy atom. The molecule has 1 atom stereocenters. The number of aliphatic hydroxyl groups excluding tert-OH is 1. The highest BCUT2D eigenvalue weighted by molar-refractivity contribution is 5.83. The van der Waals surface area contributed by atoms with Crippen molar-refractivity contribution in [3.05, 3.63) is 0 Å². The Bertz CT molecular complexity index is 303. The molecule has 1 rings (SSSR count). The SMILES string of the molecule is CCN(CC)C(=O)CCC(=O)N1CCCC(CO)C1. The standard InChI is InChI=1S/C14H26N2O3/c1-3-15(4-2)13(18)7-8-14(19)16-9-5-6-12(10-16)11-17/h12,17H,3-11H2,1-2H3. The minimum Gasteiger partial charge on any atom is -0.396 e. The van der Waals surface area contributed by atoms with Gasteiger partial charge in [-0.3, -0.25) is 9.59 Å². The molecular weight excluding hydrogens is 244 g/mol. The van der Waals surface area contributed by atoms with Crippen molar-refractivity contribution in [1.82, 2.24) is 9.80 Å². The molecule has 0 radical (unpaired) electrons. The summed E-state index contributed by atoms with van der Waals surface area (Å²) in [5, 5.41) is 9.15. The fourth-order valence-electron chi connectivity index (χ4n) is 2.55. The molecule has 1 fully saturated rings.